The van der Waals surface area contributed by atoms with E-state index in [0.29, 0.717) is 53.2 Å². The van der Waals surface area contributed by atoms with Crippen LogP contribution in [0.15, 0.2) is 53.3 Å². The first-order chi connectivity index (χ1) is 18.7. The predicted octanol–water partition coefficient (Wildman–Crippen LogP) is 4.40. The zero-order valence-corrected chi connectivity index (χ0v) is 23.9. The van der Waals surface area contributed by atoms with E-state index in [-0.39, 0.29) is 12.6 Å². The smallest absolute Gasteiger partial charge is 0.314 e. The maximum atomic E-state index is 11.9. The molecule has 0 fully saturated rings. The molecule has 0 atom stereocenters. The molecule has 0 N–H and O–H groups in total. The molecule has 0 saturated heterocycles. The van der Waals surface area contributed by atoms with E-state index in [4.69, 9.17) is 23.7 Å². The number of hydrogen-bond donors (Lipinski definition) is 0. The van der Waals surface area contributed by atoms with Crippen LogP contribution in [-0.4, -0.2) is 69.2 Å². The minimum absolute atomic E-state index is 0.214. The summed E-state index contributed by atoms with van der Waals surface area (Å²) in [4.78, 5) is 25.6. The molecule has 1 aromatic carbocycles. The van der Waals surface area contributed by atoms with E-state index in [2.05, 4.69) is 27.6 Å². The first kappa shape index (κ1) is 28.3. The molecule has 206 valence electrons. The van der Waals surface area contributed by atoms with Crippen LogP contribution in [-0.2, 0) is 31.9 Å². The predicted molar refractivity (Wildman–Crippen MR) is 150 cm³/mol. The van der Waals surface area contributed by atoms with Gasteiger partial charge >= 0.3 is 5.97 Å². The fourth-order valence-electron chi connectivity index (χ4n) is 3.66. The fourth-order valence-corrected chi connectivity index (χ4v) is 4.11. The Bertz CT molecular complexity index is 1380. The van der Waals surface area contributed by atoms with Gasteiger partial charge in [-0.1, -0.05) is 5.16 Å². The SMILES string of the molecule is COC(=O)C(C)(C)COc1ccc(-c2ccc(-c3nc(-c4noc(C)n4)cn3COCC[S+](C)C)cn2)cc1. The van der Waals surface area contributed by atoms with Crippen LogP contribution >= 0.6 is 0 Å². The summed E-state index contributed by atoms with van der Waals surface area (Å²) in [6, 6.07) is 11.5. The lowest BCUT2D eigenvalue weighted by Gasteiger charge is -2.21. The highest BCUT2D eigenvalue weighted by Gasteiger charge is 2.29. The highest BCUT2D eigenvalue weighted by molar-refractivity contribution is 7.95. The summed E-state index contributed by atoms with van der Waals surface area (Å²) in [6.07, 6.45) is 8.05. The maximum Gasteiger partial charge on any atom is 0.314 e. The summed E-state index contributed by atoms with van der Waals surface area (Å²) < 4.78 is 23.6. The Labute approximate surface area is 231 Å². The summed E-state index contributed by atoms with van der Waals surface area (Å²) in [7, 11) is 1.69. The number of nitrogens with zero attached hydrogens (tertiary/aromatic N) is 5. The molecule has 4 aromatic rings. The molecule has 0 saturated carbocycles. The molecule has 0 unspecified atom stereocenters. The van der Waals surface area contributed by atoms with Crippen molar-refractivity contribution in [1.29, 1.82) is 0 Å². The Hall–Kier alpha value is -3.70. The molecule has 11 heteroatoms. The molecule has 4 rings (SSSR count). The minimum Gasteiger partial charge on any atom is -0.492 e. The molecule has 39 heavy (non-hydrogen) atoms. The molecule has 3 heterocycles. The van der Waals surface area contributed by atoms with Crippen molar-refractivity contribution in [3.05, 3.63) is 54.7 Å². The van der Waals surface area contributed by atoms with Crippen LogP contribution in [0.2, 0.25) is 0 Å². The van der Waals surface area contributed by atoms with Crippen molar-refractivity contribution in [3.63, 3.8) is 0 Å². The number of hydrogen-bond acceptors (Lipinski definition) is 9. The summed E-state index contributed by atoms with van der Waals surface area (Å²) in [5.41, 5.74) is 2.45. The normalized spacial score (nSPS) is 11.7. The van der Waals surface area contributed by atoms with Gasteiger partial charge in [0.05, 0.1) is 37.3 Å². The lowest BCUT2D eigenvalue weighted by Crippen LogP contribution is -2.32. The quantitative estimate of drug-likeness (QED) is 0.143. The fraction of sp³-hybridized carbons (Fsp3) is 0.393. The second-order valence-electron chi connectivity index (χ2n) is 9.90. The second kappa shape index (κ2) is 12.4. The molecule has 10 nitrogen and oxygen atoms in total. The van der Waals surface area contributed by atoms with Crippen LogP contribution in [0.5, 0.6) is 5.75 Å². The number of rotatable bonds is 12. The van der Waals surface area contributed by atoms with Crippen LogP contribution in [0.3, 0.4) is 0 Å². The van der Waals surface area contributed by atoms with Gasteiger partial charge < -0.3 is 23.3 Å². The number of ether oxygens (including phenoxy) is 3. The molecule has 0 radical (unpaired) electrons. The van der Waals surface area contributed by atoms with Crippen molar-refractivity contribution in [2.75, 3.05) is 38.6 Å². The third-order valence-electron chi connectivity index (χ3n) is 5.91. The Morgan fingerprint density at radius 3 is 2.41 bits per heavy atom. The van der Waals surface area contributed by atoms with Gasteiger partial charge in [0, 0.05) is 30.4 Å². The average molecular weight is 553 g/mol. The number of imidazole rings is 1. The van der Waals surface area contributed by atoms with Crippen LogP contribution in [0, 0.1) is 12.3 Å². The van der Waals surface area contributed by atoms with Crippen molar-refractivity contribution in [1.82, 2.24) is 24.7 Å². The summed E-state index contributed by atoms with van der Waals surface area (Å²) in [6.45, 7) is 6.55. The average Bonchev–Trinajstić information content (AvgIpc) is 3.56. The highest BCUT2D eigenvalue weighted by atomic mass is 32.2. The van der Waals surface area contributed by atoms with E-state index in [1.54, 1.807) is 27.0 Å². The first-order valence-electron chi connectivity index (χ1n) is 12.4. The molecule has 3 aromatic heterocycles. The number of pyridine rings is 1. The summed E-state index contributed by atoms with van der Waals surface area (Å²) in [5.74, 6) is 2.96. The second-order valence-corrected chi connectivity index (χ2v) is 12.3. The van der Waals surface area contributed by atoms with Crippen molar-refractivity contribution in [2.45, 2.75) is 27.5 Å². The number of carbonyl (C=O) groups excluding carboxylic acids is 1. The van der Waals surface area contributed by atoms with Crippen LogP contribution in [0.4, 0.5) is 0 Å². The number of esters is 1. The number of aromatic nitrogens is 5. The number of methoxy groups -OCH3 is 1. The Kier molecular flexibility index (Phi) is 9.03. The summed E-state index contributed by atoms with van der Waals surface area (Å²) in [5, 5.41) is 4.00. The van der Waals surface area contributed by atoms with Crippen LogP contribution in [0.25, 0.3) is 34.2 Å². The number of aryl methyl sites for hydroxylation is 1. The molecule has 0 bridgehead atoms. The molecule has 0 aliphatic carbocycles. The molecule has 0 aliphatic rings. The largest absolute Gasteiger partial charge is 0.492 e. The van der Waals surface area contributed by atoms with Gasteiger partial charge in [-0.3, -0.25) is 9.78 Å². The lowest BCUT2D eigenvalue weighted by molar-refractivity contribution is -0.152. The molecule has 0 amide bonds. The Morgan fingerprint density at radius 2 is 1.79 bits per heavy atom. The van der Waals surface area contributed by atoms with Crippen LogP contribution in [0.1, 0.15) is 19.7 Å². The zero-order chi connectivity index (χ0) is 28.0. The maximum absolute atomic E-state index is 11.9. The molecule has 0 spiro atoms. The van der Waals surface area contributed by atoms with Crippen molar-refractivity contribution in [2.24, 2.45) is 5.41 Å². The third kappa shape index (κ3) is 7.24. The first-order valence-corrected chi connectivity index (χ1v) is 14.6. The van der Waals surface area contributed by atoms with E-state index in [0.717, 1.165) is 22.6 Å². The van der Waals surface area contributed by atoms with Crippen molar-refractivity contribution < 1.29 is 23.5 Å². The number of carbonyl (C=O) groups is 1. The lowest BCUT2D eigenvalue weighted by atomic mass is 9.95. The summed E-state index contributed by atoms with van der Waals surface area (Å²) >= 11 is 0. The van der Waals surface area contributed by atoms with E-state index in [1.165, 1.54) is 7.11 Å². The highest BCUT2D eigenvalue weighted by Crippen LogP contribution is 2.27. The van der Waals surface area contributed by atoms with Crippen LogP contribution < -0.4 is 4.74 Å². The van der Waals surface area contributed by atoms with Gasteiger partial charge in [-0.25, -0.2) is 4.98 Å². The molecule has 0 aliphatic heterocycles. The topological polar surface area (TPSA) is 114 Å². The van der Waals surface area contributed by atoms with Gasteiger partial charge in [0.15, 0.2) is 0 Å². The Morgan fingerprint density at radius 1 is 1.05 bits per heavy atom. The van der Waals surface area contributed by atoms with Crippen molar-refractivity contribution >= 4 is 16.9 Å². The van der Waals surface area contributed by atoms with E-state index in [9.17, 15) is 4.79 Å². The monoisotopic (exact) mass is 552 g/mol. The van der Waals surface area contributed by atoms with Crippen molar-refractivity contribution in [3.8, 4) is 39.9 Å². The van der Waals surface area contributed by atoms with E-state index < -0.39 is 5.41 Å². The van der Waals surface area contributed by atoms with E-state index >= 15 is 0 Å². The van der Waals surface area contributed by atoms with Gasteiger partial charge in [-0.05, 0) is 61.1 Å². The molecular weight excluding hydrogens is 518 g/mol. The Balaban J connectivity index is 1.49. The zero-order valence-electron chi connectivity index (χ0n) is 23.1. The van der Waals surface area contributed by atoms with E-state index in [1.807, 2.05) is 47.2 Å². The van der Waals surface area contributed by atoms with Gasteiger partial charge in [0.25, 0.3) is 0 Å². The minimum atomic E-state index is -0.737. The number of benzene rings is 1. The van der Waals surface area contributed by atoms with Gasteiger partial charge in [-0.15, -0.1) is 0 Å². The van der Waals surface area contributed by atoms with Gasteiger partial charge in [-0.2, -0.15) is 4.98 Å². The standard InChI is InChI=1S/C28H34N5O5S/c1-19-30-25(32-38-19)24-16-33(18-36-13-14-39(5)6)26(31-24)21-9-12-23(29-15-21)20-7-10-22(11-8-20)37-17-28(2,3)27(34)35-4/h7-12,15-16H,13-14,17-18H2,1-6H3/q+1. The third-order valence-corrected chi connectivity index (χ3v) is 6.89. The molecular formula is C28H34N5O5S+. The van der Waals surface area contributed by atoms with Gasteiger partial charge in [0.2, 0.25) is 11.7 Å². The van der Waals surface area contributed by atoms with Gasteiger partial charge in [0.1, 0.15) is 36.4 Å².